The highest BCUT2D eigenvalue weighted by Gasteiger charge is 2.27. The molecule has 122 valence electrons. The van der Waals surface area contributed by atoms with Crippen LogP contribution < -0.4 is 4.90 Å². The minimum Gasteiger partial charge on any atom is -0.368 e. The Morgan fingerprint density at radius 1 is 1.30 bits per heavy atom. The topological polar surface area (TPSA) is 49.6 Å². The summed E-state index contributed by atoms with van der Waals surface area (Å²) in [5.74, 6) is 0.621. The van der Waals surface area contributed by atoms with E-state index in [-0.39, 0.29) is 5.91 Å². The van der Waals surface area contributed by atoms with Crippen molar-refractivity contribution in [3.05, 3.63) is 46.3 Å². The van der Waals surface area contributed by atoms with Gasteiger partial charge in [-0.15, -0.1) is 0 Å². The summed E-state index contributed by atoms with van der Waals surface area (Å²) in [4.78, 5) is 16.9. The molecule has 0 radical (unpaired) electrons. The molecule has 1 fully saturated rings. The van der Waals surface area contributed by atoms with E-state index in [1.165, 1.54) is 0 Å². The highest BCUT2D eigenvalue weighted by Crippen LogP contribution is 2.22. The molecule has 1 aliphatic heterocycles. The first kappa shape index (κ1) is 15.9. The smallest absolute Gasteiger partial charge is 0.259 e. The Hall–Kier alpha value is -2.01. The van der Waals surface area contributed by atoms with Gasteiger partial charge in [0.05, 0.1) is 5.69 Å². The van der Waals surface area contributed by atoms with Crippen LogP contribution in [0.4, 0.5) is 5.69 Å². The second-order valence-electron chi connectivity index (χ2n) is 5.67. The fourth-order valence-corrected chi connectivity index (χ4v) is 3.12. The lowest BCUT2D eigenvalue weighted by molar-refractivity contribution is 0.0744. The van der Waals surface area contributed by atoms with E-state index in [4.69, 9.17) is 16.1 Å². The summed E-state index contributed by atoms with van der Waals surface area (Å²) in [5.41, 5.74) is 2.47. The zero-order valence-electron chi connectivity index (χ0n) is 13.4. The van der Waals surface area contributed by atoms with Gasteiger partial charge in [0.2, 0.25) is 0 Å². The molecule has 2 aromatic rings. The van der Waals surface area contributed by atoms with Crippen LogP contribution in [0.25, 0.3) is 0 Å². The number of hydrogen-bond acceptors (Lipinski definition) is 4. The quantitative estimate of drug-likeness (QED) is 0.865. The van der Waals surface area contributed by atoms with Crippen LogP contribution in [-0.2, 0) is 6.42 Å². The second-order valence-corrected chi connectivity index (χ2v) is 6.11. The van der Waals surface area contributed by atoms with Crippen molar-refractivity contribution in [3.8, 4) is 0 Å². The Kier molecular flexibility index (Phi) is 4.57. The van der Waals surface area contributed by atoms with Crippen LogP contribution in [0, 0.1) is 6.92 Å². The lowest BCUT2D eigenvalue weighted by Crippen LogP contribution is -2.49. The average molecular weight is 334 g/mol. The Bertz CT molecular complexity index is 706. The molecule has 0 spiro atoms. The third-order valence-electron chi connectivity index (χ3n) is 4.22. The highest BCUT2D eigenvalue weighted by atomic mass is 35.5. The highest BCUT2D eigenvalue weighted by molar-refractivity contribution is 6.30. The van der Waals surface area contributed by atoms with Crippen LogP contribution >= 0.6 is 11.6 Å². The second kappa shape index (κ2) is 6.62. The molecule has 1 aromatic heterocycles. The number of rotatable bonds is 3. The Labute approximate surface area is 140 Å². The van der Waals surface area contributed by atoms with Crippen LogP contribution in [0.5, 0.6) is 0 Å². The first-order valence-electron chi connectivity index (χ1n) is 7.85. The van der Waals surface area contributed by atoms with Gasteiger partial charge in [-0.3, -0.25) is 4.79 Å². The Balaban J connectivity index is 1.69. The minimum atomic E-state index is 0.0198. The standard InChI is InChI=1S/C17H20ClN3O2/c1-3-15-16(12(2)23-19-15)17(22)21-9-7-20(8-10-21)14-6-4-5-13(18)11-14/h4-6,11H,3,7-10H2,1-2H3. The van der Waals surface area contributed by atoms with E-state index in [9.17, 15) is 4.79 Å². The van der Waals surface area contributed by atoms with Gasteiger partial charge in [0.1, 0.15) is 11.3 Å². The number of anilines is 1. The molecule has 2 heterocycles. The lowest BCUT2D eigenvalue weighted by Gasteiger charge is -2.36. The molecular weight excluding hydrogens is 314 g/mol. The summed E-state index contributed by atoms with van der Waals surface area (Å²) in [6, 6.07) is 7.82. The third-order valence-corrected chi connectivity index (χ3v) is 4.46. The van der Waals surface area contributed by atoms with Gasteiger partial charge in [-0.25, -0.2) is 0 Å². The van der Waals surface area contributed by atoms with Crippen molar-refractivity contribution in [2.24, 2.45) is 0 Å². The molecule has 1 saturated heterocycles. The van der Waals surface area contributed by atoms with E-state index in [2.05, 4.69) is 10.1 Å². The van der Waals surface area contributed by atoms with E-state index in [0.717, 1.165) is 29.5 Å². The summed E-state index contributed by atoms with van der Waals surface area (Å²) in [6.07, 6.45) is 0.695. The zero-order valence-corrected chi connectivity index (χ0v) is 14.1. The number of carbonyl (C=O) groups is 1. The average Bonchev–Trinajstić information content (AvgIpc) is 2.95. The molecule has 6 heteroatoms. The van der Waals surface area contributed by atoms with Gasteiger partial charge < -0.3 is 14.3 Å². The number of aryl methyl sites for hydroxylation is 2. The predicted molar refractivity (Wildman–Crippen MR) is 90.2 cm³/mol. The van der Waals surface area contributed by atoms with Crippen molar-refractivity contribution < 1.29 is 9.32 Å². The summed E-state index contributed by atoms with van der Waals surface area (Å²) in [6.45, 7) is 6.71. The fraction of sp³-hybridized carbons (Fsp3) is 0.412. The van der Waals surface area contributed by atoms with Gasteiger partial charge in [0.25, 0.3) is 5.91 Å². The molecule has 0 bridgehead atoms. The molecule has 1 aromatic carbocycles. The number of halogens is 1. The van der Waals surface area contributed by atoms with Crippen LogP contribution in [0.1, 0.15) is 28.7 Å². The Morgan fingerprint density at radius 3 is 2.70 bits per heavy atom. The summed E-state index contributed by atoms with van der Waals surface area (Å²) in [5, 5.41) is 4.71. The number of carbonyl (C=O) groups excluding carboxylic acids is 1. The first-order valence-corrected chi connectivity index (χ1v) is 8.23. The van der Waals surface area contributed by atoms with Crippen molar-refractivity contribution >= 4 is 23.2 Å². The van der Waals surface area contributed by atoms with E-state index < -0.39 is 0 Å². The van der Waals surface area contributed by atoms with Gasteiger partial charge in [-0.2, -0.15) is 0 Å². The van der Waals surface area contributed by atoms with Crippen LogP contribution in [0.2, 0.25) is 5.02 Å². The molecule has 3 rings (SSSR count). The molecule has 0 atom stereocenters. The fourth-order valence-electron chi connectivity index (χ4n) is 2.93. The maximum atomic E-state index is 12.7. The number of aromatic nitrogens is 1. The van der Waals surface area contributed by atoms with E-state index >= 15 is 0 Å². The van der Waals surface area contributed by atoms with Crippen molar-refractivity contribution in [2.45, 2.75) is 20.3 Å². The van der Waals surface area contributed by atoms with Crippen molar-refractivity contribution in [2.75, 3.05) is 31.1 Å². The molecule has 0 unspecified atom stereocenters. The van der Waals surface area contributed by atoms with Gasteiger partial charge in [-0.1, -0.05) is 29.7 Å². The van der Waals surface area contributed by atoms with Crippen LogP contribution in [0.3, 0.4) is 0 Å². The van der Waals surface area contributed by atoms with Crippen LogP contribution in [-0.4, -0.2) is 42.1 Å². The number of nitrogens with zero attached hydrogens (tertiary/aromatic N) is 3. The van der Waals surface area contributed by atoms with Crippen LogP contribution in [0.15, 0.2) is 28.8 Å². The normalized spacial score (nSPS) is 15.1. The molecule has 23 heavy (non-hydrogen) atoms. The predicted octanol–water partition coefficient (Wildman–Crippen LogP) is 3.16. The van der Waals surface area contributed by atoms with Gasteiger partial charge in [-0.05, 0) is 31.5 Å². The minimum absolute atomic E-state index is 0.0198. The van der Waals surface area contributed by atoms with Gasteiger partial charge >= 0.3 is 0 Å². The molecule has 1 aliphatic rings. The third kappa shape index (κ3) is 3.20. The number of benzene rings is 1. The first-order chi connectivity index (χ1) is 11.1. The molecule has 5 nitrogen and oxygen atoms in total. The monoisotopic (exact) mass is 333 g/mol. The van der Waals surface area contributed by atoms with E-state index in [1.54, 1.807) is 6.92 Å². The van der Waals surface area contributed by atoms with Crippen molar-refractivity contribution in [1.82, 2.24) is 10.1 Å². The Morgan fingerprint density at radius 2 is 2.04 bits per heavy atom. The molecular formula is C17H20ClN3O2. The summed E-state index contributed by atoms with van der Waals surface area (Å²) < 4.78 is 5.18. The molecule has 0 aliphatic carbocycles. The number of amides is 1. The number of hydrogen-bond donors (Lipinski definition) is 0. The zero-order chi connectivity index (χ0) is 16.4. The van der Waals surface area contributed by atoms with E-state index in [1.807, 2.05) is 36.1 Å². The lowest BCUT2D eigenvalue weighted by atomic mass is 10.1. The largest absolute Gasteiger partial charge is 0.368 e. The maximum Gasteiger partial charge on any atom is 0.259 e. The van der Waals surface area contributed by atoms with E-state index in [0.29, 0.717) is 30.8 Å². The number of piperazine rings is 1. The molecule has 0 saturated carbocycles. The van der Waals surface area contributed by atoms with Crippen molar-refractivity contribution in [1.29, 1.82) is 0 Å². The molecule has 1 amide bonds. The maximum absolute atomic E-state index is 12.7. The summed E-state index contributed by atoms with van der Waals surface area (Å²) >= 11 is 6.05. The van der Waals surface area contributed by atoms with Gasteiger partial charge in [0.15, 0.2) is 0 Å². The van der Waals surface area contributed by atoms with Crippen molar-refractivity contribution in [3.63, 3.8) is 0 Å². The summed E-state index contributed by atoms with van der Waals surface area (Å²) in [7, 11) is 0. The SMILES string of the molecule is CCc1noc(C)c1C(=O)N1CCN(c2cccc(Cl)c2)CC1. The van der Waals surface area contributed by atoms with Gasteiger partial charge in [0, 0.05) is 36.9 Å². The molecule has 0 N–H and O–H groups in total.